The van der Waals surface area contributed by atoms with Gasteiger partial charge in [0.1, 0.15) is 11.6 Å². The summed E-state index contributed by atoms with van der Waals surface area (Å²) in [6.45, 7) is 1.77. The number of carbonyl (C=O) groups is 3. The van der Waals surface area contributed by atoms with Crippen LogP contribution in [0.15, 0.2) is 76.8 Å². The Morgan fingerprint density at radius 3 is 2.53 bits per heavy atom. The number of nitrogens with one attached hydrogen (secondary N) is 1. The van der Waals surface area contributed by atoms with Crippen molar-refractivity contribution in [3.8, 4) is 5.75 Å². The van der Waals surface area contributed by atoms with Crippen molar-refractivity contribution < 1.29 is 23.5 Å². The lowest BCUT2D eigenvalue weighted by molar-refractivity contribution is -0.134. The van der Waals surface area contributed by atoms with Crippen LogP contribution in [0.3, 0.4) is 0 Å². The fraction of sp³-hybridized carbons (Fsp3) is 0.395. The lowest BCUT2D eigenvalue weighted by Crippen LogP contribution is -2.62. The quantitative estimate of drug-likeness (QED) is 0.185. The summed E-state index contributed by atoms with van der Waals surface area (Å²) in [4.78, 5) is 43.0. The fourth-order valence-electron chi connectivity index (χ4n) is 6.78. The van der Waals surface area contributed by atoms with Crippen molar-refractivity contribution in [1.82, 2.24) is 15.1 Å². The summed E-state index contributed by atoms with van der Waals surface area (Å²) >= 11 is 9.95. The molecule has 0 spiro atoms. The van der Waals surface area contributed by atoms with Crippen LogP contribution in [-0.4, -0.2) is 65.3 Å². The van der Waals surface area contributed by atoms with Crippen molar-refractivity contribution >= 4 is 50.8 Å². The van der Waals surface area contributed by atoms with Crippen LogP contribution in [0.5, 0.6) is 5.75 Å². The SMILES string of the molecule is NC(=O)CCCC(=O)N1C[C@H]2CC(c3ccc(CCCOc4cc(F)ccc4Br)cc3)=C(C(=O)N(Cc3ccccc3Cl)C3CC3)[C@@H](C1)N2. The molecule has 258 valence electrons. The number of fused-ring (bicyclic) bond motifs is 2. The van der Waals surface area contributed by atoms with E-state index in [1.807, 2.05) is 34.1 Å². The second kappa shape index (κ2) is 15.9. The minimum atomic E-state index is -0.416. The van der Waals surface area contributed by atoms with E-state index >= 15 is 0 Å². The second-order valence-electron chi connectivity index (χ2n) is 13.1. The number of nitrogens with zero attached hydrogens (tertiary/aromatic N) is 2. The second-order valence-corrected chi connectivity index (χ2v) is 14.4. The number of hydrogen-bond donors (Lipinski definition) is 2. The lowest BCUT2D eigenvalue weighted by Gasteiger charge is -2.45. The first-order valence-electron chi connectivity index (χ1n) is 16.9. The summed E-state index contributed by atoms with van der Waals surface area (Å²) < 4.78 is 20.1. The normalized spacial score (nSPS) is 18.7. The molecule has 3 N–H and O–H groups in total. The number of ether oxygens (including phenoxy) is 1. The molecule has 2 aliphatic heterocycles. The van der Waals surface area contributed by atoms with E-state index in [9.17, 15) is 18.8 Å². The molecule has 2 bridgehead atoms. The van der Waals surface area contributed by atoms with Gasteiger partial charge >= 0.3 is 0 Å². The van der Waals surface area contributed by atoms with E-state index in [0.717, 1.165) is 47.9 Å². The van der Waals surface area contributed by atoms with Gasteiger partial charge in [0.25, 0.3) is 5.91 Å². The maximum atomic E-state index is 14.7. The number of piperazine rings is 1. The fourth-order valence-corrected chi connectivity index (χ4v) is 7.34. The maximum absolute atomic E-state index is 14.7. The first kappa shape index (κ1) is 35.1. The van der Waals surface area contributed by atoms with E-state index < -0.39 is 5.91 Å². The highest BCUT2D eigenvalue weighted by Gasteiger charge is 2.43. The smallest absolute Gasteiger partial charge is 0.252 e. The zero-order valence-electron chi connectivity index (χ0n) is 27.3. The van der Waals surface area contributed by atoms with Crippen LogP contribution in [-0.2, 0) is 27.3 Å². The molecule has 2 heterocycles. The third-order valence-corrected chi connectivity index (χ3v) is 10.4. The van der Waals surface area contributed by atoms with Gasteiger partial charge in [0.05, 0.1) is 17.1 Å². The van der Waals surface area contributed by atoms with Crippen LogP contribution in [0.1, 0.15) is 61.6 Å². The summed E-state index contributed by atoms with van der Waals surface area (Å²) in [6.07, 6.45) is 4.85. The lowest BCUT2D eigenvalue weighted by atomic mass is 9.82. The number of nitrogens with two attached hydrogens (primary N) is 1. The average molecular weight is 752 g/mol. The largest absolute Gasteiger partial charge is 0.492 e. The number of aryl methyl sites for hydroxylation is 1. The van der Waals surface area contributed by atoms with Crippen LogP contribution >= 0.6 is 27.5 Å². The molecule has 3 aromatic carbocycles. The molecule has 1 saturated carbocycles. The Bertz CT molecular complexity index is 1730. The van der Waals surface area contributed by atoms with E-state index in [1.54, 1.807) is 6.07 Å². The van der Waals surface area contributed by atoms with Gasteiger partial charge in [0, 0.05) is 61.2 Å². The zero-order valence-corrected chi connectivity index (χ0v) is 29.6. The number of rotatable bonds is 14. The molecule has 3 amide bonds. The highest BCUT2D eigenvalue weighted by molar-refractivity contribution is 9.10. The van der Waals surface area contributed by atoms with Crippen molar-refractivity contribution in [2.75, 3.05) is 19.7 Å². The molecule has 1 saturated heterocycles. The van der Waals surface area contributed by atoms with Gasteiger partial charge in [0.15, 0.2) is 0 Å². The summed E-state index contributed by atoms with van der Waals surface area (Å²) in [5.74, 6) is -0.328. The van der Waals surface area contributed by atoms with E-state index in [0.29, 0.717) is 59.9 Å². The highest BCUT2D eigenvalue weighted by atomic mass is 79.9. The van der Waals surface area contributed by atoms with Crippen LogP contribution in [0.25, 0.3) is 5.57 Å². The molecule has 0 aromatic heterocycles. The molecule has 49 heavy (non-hydrogen) atoms. The van der Waals surface area contributed by atoms with Gasteiger partial charge in [-0.1, -0.05) is 54.1 Å². The third kappa shape index (κ3) is 8.90. The molecule has 0 radical (unpaired) electrons. The van der Waals surface area contributed by atoms with Gasteiger partial charge in [-0.3, -0.25) is 14.4 Å². The van der Waals surface area contributed by atoms with Crippen LogP contribution in [0, 0.1) is 5.82 Å². The topological polar surface area (TPSA) is 105 Å². The predicted octanol–water partition coefficient (Wildman–Crippen LogP) is 6.43. The van der Waals surface area contributed by atoms with E-state index in [4.69, 9.17) is 22.1 Å². The van der Waals surface area contributed by atoms with Crippen LogP contribution in [0.4, 0.5) is 4.39 Å². The van der Waals surface area contributed by atoms with Gasteiger partial charge in [-0.15, -0.1) is 0 Å². The highest BCUT2D eigenvalue weighted by Crippen LogP contribution is 2.38. The number of hydrogen-bond acceptors (Lipinski definition) is 5. The van der Waals surface area contributed by atoms with Gasteiger partial charge in [-0.25, -0.2) is 4.39 Å². The molecule has 2 fully saturated rings. The standard InChI is InChI=1S/C38H41BrClFN4O4/c39-31-17-14-27(41)19-34(31)49-18-4-5-24-10-12-25(13-11-24)30-20-28-22-44(36(47)9-3-8-35(42)46)23-33(43-28)37(30)38(48)45(29-15-16-29)21-26-6-1-2-7-32(26)40/h1-2,6-7,10-14,17,19,28-29,33,43H,3-5,8-9,15-16,18,20-23H2,(H2,42,46)/t28-,33-/m1/s1. The Morgan fingerprint density at radius 1 is 1.02 bits per heavy atom. The Hall–Kier alpha value is -3.73. The molecule has 1 aliphatic carbocycles. The molecule has 3 aliphatic rings. The Labute approximate surface area is 299 Å². The first-order valence-corrected chi connectivity index (χ1v) is 18.1. The monoisotopic (exact) mass is 750 g/mol. The van der Waals surface area contributed by atoms with Gasteiger partial charge in [-0.05, 0) is 94.9 Å². The Balaban J connectivity index is 1.22. The van der Waals surface area contributed by atoms with Crippen molar-refractivity contribution in [2.45, 2.75) is 76.0 Å². The molecular weight excluding hydrogens is 711 g/mol. The molecule has 3 aromatic rings. The van der Waals surface area contributed by atoms with Crippen molar-refractivity contribution in [3.63, 3.8) is 0 Å². The minimum absolute atomic E-state index is 0.0118. The summed E-state index contributed by atoms with van der Waals surface area (Å²) in [7, 11) is 0. The maximum Gasteiger partial charge on any atom is 0.252 e. The van der Waals surface area contributed by atoms with Gasteiger partial charge in [-0.2, -0.15) is 0 Å². The van der Waals surface area contributed by atoms with Crippen LogP contribution < -0.4 is 15.8 Å². The third-order valence-electron chi connectivity index (χ3n) is 9.41. The van der Waals surface area contributed by atoms with E-state index in [-0.39, 0.29) is 48.6 Å². The predicted molar refractivity (Wildman–Crippen MR) is 191 cm³/mol. The zero-order chi connectivity index (χ0) is 34.5. The number of primary amides is 1. The van der Waals surface area contributed by atoms with Gasteiger partial charge < -0.3 is 25.6 Å². The van der Waals surface area contributed by atoms with Crippen molar-refractivity contribution in [1.29, 1.82) is 0 Å². The minimum Gasteiger partial charge on any atom is -0.492 e. The summed E-state index contributed by atoms with van der Waals surface area (Å²) in [5, 5.41) is 4.29. The summed E-state index contributed by atoms with van der Waals surface area (Å²) in [6, 6.07) is 20.2. The number of halogens is 3. The van der Waals surface area contributed by atoms with Crippen molar-refractivity contribution in [3.05, 3.63) is 104 Å². The molecule has 0 unspecified atom stereocenters. The molecular formula is C38H41BrClFN4O4. The Morgan fingerprint density at radius 2 is 1.80 bits per heavy atom. The van der Waals surface area contributed by atoms with E-state index in [1.165, 1.54) is 12.1 Å². The Kier molecular flexibility index (Phi) is 11.4. The molecule has 2 atom stereocenters. The molecule has 11 heteroatoms. The average Bonchev–Trinajstić information content (AvgIpc) is 3.93. The van der Waals surface area contributed by atoms with Crippen molar-refractivity contribution in [2.24, 2.45) is 5.73 Å². The van der Waals surface area contributed by atoms with Gasteiger partial charge in [0.2, 0.25) is 11.8 Å². The number of carbonyl (C=O) groups excluding carboxylic acids is 3. The summed E-state index contributed by atoms with van der Waals surface area (Å²) in [5.41, 5.74) is 10.0. The van der Waals surface area contributed by atoms with E-state index in [2.05, 4.69) is 45.5 Å². The number of amides is 3. The number of benzene rings is 3. The molecule has 6 rings (SSSR count). The van der Waals surface area contributed by atoms with Crippen LogP contribution in [0.2, 0.25) is 5.02 Å². The first-order chi connectivity index (χ1) is 23.7. The molecule has 8 nitrogen and oxygen atoms in total.